The average molecular weight is 237 g/mol. The predicted molar refractivity (Wildman–Crippen MR) is 63.0 cm³/mol. The molecule has 0 aliphatic carbocycles. The van der Waals surface area contributed by atoms with Crippen LogP contribution in [0.5, 0.6) is 0 Å². The minimum absolute atomic E-state index is 0.160. The second kappa shape index (κ2) is 4.40. The average Bonchev–Trinajstić information content (AvgIpc) is 2.88. The van der Waals surface area contributed by atoms with Crippen molar-refractivity contribution in [3.05, 3.63) is 18.2 Å². The largest absolute Gasteiger partial charge is 0.378 e. The van der Waals surface area contributed by atoms with E-state index in [0.717, 1.165) is 32.7 Å². The van der Waals surface area contributed by atoms with Gasteiger partial charge in [0, 0.05) is 51.0 Å². The highest BCUT2D eigenvalue weighted by atomic mass is 16.5. The number of methoxy groups -OCH3 is 1. The fourth-order valence-electron chi connectivity index (χ4n) is 2.55. The van der Waals surface area contributed by atoms with Crippen LogP contribution in [0.3, 0.4) is 0 Å². The Labute approximate surface area is 101 Å². The molecule has 1 N–H and O–H groups in total. The summed E-state index contributed by atoms with van der Waals surface area (Å²) in [6.07, 6.45) is 4.85. The predicted octanol–water partition coefficient (Wildman–Crippen LogP) is 0.375. The van der Waals surface area contributed by atoms with Crippen molar-refractivity contribution in [3.63, 3.8) is 0 Å². The first-order valence-electron chi connectivity index (χ1n) is 6.17. The van der Waals surface area contributed by atoms with Gasteiger partial charge in [0.05, 0.1) is 19.5 Å². The fourth-order valence-corrected chi connectivity index (χ4v) is 2.55. The van der Waals surface area contributed by atoms with Crippen LogP contribution in [-0.2, 0) is 16.0 Å². The number of ether oxygens (including phenoxy) is 2. The first-order valence-corrected chi connectivity index (χ1v) is 6.17. The lowest BCUT2D eigenvalue weighted by Gasteiger charge is -2.31. The Kier molecular flexibility index (Phi) is 2.90. The summed E-state index contributed by atoms with van der Waals surface area (Å²) in [5, 5.41) is 3.30. The molecule has 1 unspecified atom stereocenters. The molecule has 0 spiro atoms. The molecule has 3 heterocycles. The second-order valence-electron chi connectivity index (χ2n) is 4.99. The van der Waals surface area contributed by atoms with Gasteiger partial charge in [-0.2, -0.15) is 0 Å². The number of nitrogens with one attached hydrogen (secondary N) is 1. The third-order valence-electron chi connectivity index (χ3n) is 3.90. The number of hydrogen-bond donors (Lipinski definition) is 1. The molecule has 2 saturated heterocycles. The zero-order valence-electron chi connectivity index (χ0n) is 10.2. The molecule has 1 aromatic rings. The molecule has 0 bridgehead atoms. The van der Waals surface area contributed by atoms with E-state index in [0.29, 0.717) is 12.5 Å². The maximum Gasteiger partial charge on any atom is 0.111 e. The van der Waals surface area contributed by atoms with E-state index in [-0.39, 0.29) is 5.60 Å². The van der Waals surface area contributed by atoms with Crippen molar-refractivity contribution in [2.45, 2.75) is 24.5 Å². The van der Waals surface area contributed by atoms with Crippen molar-refractivity contribution in [1.82, 2.24) is 14.9 Å². The molecule has 0 amide bonds. The lowest BCUT2D eigenvalue weighted by Crippen LogP contribution is -2.43. The number of aromatic nitrogens is 2. The molecular formula is C12H19N3O2. The number of hydrogen-bond acceptors (Lipinski definition) is 4. The van der Waals surface area contributed by atoms with Crippen LogP contribution in [0.4, 0.5) is 0 Å². The quantitative estimate of drug-likeness (QED) is 0.822. The molecule has 0 radical (unpaired) electrons. The van der Waals surface area contributed by atoms with E-state index in [1.807, 2.05) is 12.5 Å². The van der Waals surface area contributed by atoms with Gasteiger partial charge in [-0.25, -0.2) is 4.98 Å². The molecule has 3 rings (SSSR count). The first-order chi connectivity index (χ1) is 8.33. The van der Waals surface area contributed by atoms with Gasteiger partial charge in [-0.1, -0.05) is 0 Å². The van der Waals surface area contributed by atoms with Crippen molar-refractivity contribution < 1.29 is 9.47 Å². The van der Waals surface area contributed by atoms with Crippen molar-refractivity contribution in [2.75, 3.05) is 33.4 Å². The molecule has 94 valence electrons. The zero-order chi connectivity index (χ0) is 11.7. The van der Waals surface area contributed by atoms with E-state index >= 15 is 0 Å². The Balaban J connectivity index is 1.77. The van der Waals surface area contributed by atoms with Crippen molar-refractivity contribution >= 4 is 0 Å². The van der Waals surface area contributed by atoms with Crippen LogP contribution in [-0.4, -0.2) is 48.6 Å². The van der Waals surface area contributed by atoms with Gasteiger partial charge < -0.3 is 19.4 Å². The van der Waals surface area contributed by atoms with Crippen LogP contribution < -0.4 is 5.32 Å². The van der Waals surface area contributed by atoms with E-state index in [4.69, 9.17) is 9.47 Å². The summed E-state index contributed by atoms with van der Waals surface area (Å²) in [6, 6.07) is 0. The molecule has 1 atom stereocenters. The Morgan fingerprint density at radius 1 is 1.65 bits per heavy atom. The van der Waals surface area contributed by atoms with E-state index in [9.17, 15) is 0 Å². The smallest absolute Gasteiger partial charge is 0.111 e. The highest BCUT2D eigenvalue weighted by Crippen LogP contribution is 2.27. The van der Waals surface area contributed by atoms with Crippen molar-refractivity contribution in [3.8, 4) is 0 Å². The Morgan fingerprint density at radius 2 is 2.53 bits per heavy atom. The maximum atomic E-state index is 5.67. The van der Waals surface area contributed by atoms with Gasteiger partial charge in [0.2, 0.25) is 0 Å². The molecule has 2 fully saturated rings. The zero-order valence-corrected chi connectivity index (χ0v) is 10.2. The van der Waals surface area contributed by atoms with Gasteiger partial charge >= 0.3 is 0 Å². The summed E-state index contributed by atoms with van der Waals surface area (Å²) >= 11 is 0. The van der Waals surface area contributed by atoms with Crippen molar-refractivity contribution in [1.29, 1.82) is 0 Å². The number of rotatable bonds is 4. The lowest BCUT2D eigenvalue weighted by atomic mass is 9.98. The van der Waals surface area contributed by atoms with E-state index in [1.165, 1.54) is 5.69 Å². The van der Waals surface area contributed by atoms with Gasteiger partial charge in [0.25, 0.3) is 0 Å². The molecule has 5 nitrogen and oxygen atoms in total. The highest BCUT2D eigenvalue weighted by molar-refractivity contribution is 5.12. The standard InChI is InChI=1S/C12H19N3O2/c1-16-12(2-3-17-8-12)7-15-9-14-6-11(15)10-4-13-5-10/h6,9-10,13H,2-5,7-8H2,1H3. The summed E-state index contributed by atoms with van der Waals surface area (Å²) in [7, 11) is 1.77. The van der Waals surface area contributed by atoms with Gasteiger partial charge in [-0.3, -0.25) is 0 Å². The third-order valence-corrected chi connectivity index (χ3v) is 3.90. The summed E-state index contributed by atoms with van der Waals surface area (Å²) in [4.78, 5) is 4.27. The lowest BCUT2D eigenvalue weighted by molar-refractivity contribution is -0.0302. The van der Waals surface area contributed by atoms with Gasteiger partial charge in [-0.05, 0) is 0 Å². The Bertz CT molecular complexity index is 381. The first kappa shape index (κ1) is 11.2. The molecule has 2 aliphatic heterocycles. The Morgan fingerprint density at radius 3 is 3.12 bits per heavy atom. The second-order valence-corrected chi connectivity index (χ2v) is 4.99. The number of nitrogens with zero attached hydrogens (tertiary/aromatic N) is 2. The van der Waals surface area contributed by atoms with E-state index in [2.05, 4.69) is 14.9 Å². The van der Waals surface area contributed by atoms with Gasteiger partial charge in [0.15, 0.2) is 0 Å². The van der Waals surface area contributed by atoms with Gasteiger partial charge in [-0.15, -0.1) is 0 Å². The van der Waals surface area contributed by atoms with E-state index in [1.54, 1.807) is 7.11 Å². The minimum atomic E-state index is -0.160. The minimum Gasteiger partial charge on any atom is -0.378 e. The summed E-state index contributed by atoms with van der Waals surface area (Å²) < 4.78 is 13.4. The number of imidazole rings is 1. The molecule has 2 aliphatic rings. The highest BCUT2D eigenvalue weighted by Gasteiger charge is 2.36. The van der Waals surface area contributed by atoms with Crippen LogP contribution in [0.15, 0.2) is 12.5 Å². The molecular weight excluding hydrogens is 218 g/mol. The van der Waals surface area contributed by atoms with Crippen LogP contribution in [0.2, 0.25) is 0 Å². The summed E-state index contributed by atoms with van der Waals surface area (Å²) in [6.45, 7) is 4.44. The fraction of sp³-hybridized carbons (Fsp3) is 0.750. The molecule has 0 aromatic carbocycles. The monoisotopic (exact) mass is 237 g/mol. The topological polar surface area (TPSA) is 48.3 Å². The van der Waals surface area contributed by atoms with Gasteiger partial charge in [0.1, 0.15) is 5.60 Å². The molecule has 0 saturated carbocycles. The van der Waals surface area contributed by atoms with E-state index < -0.39 is 0 Å². The normalized spacial score (nSPS) is 29.5. The van der Waals surface area contributed by atoms with Crippen LogP contribution >= 0.6 is 0 Å². The third kappa shape index (κ3) is 1.99. The maximum absolute atomic E-state index is 5.67. The Hall–Kier alpha value is -0.910. The SMILES string of the molecule is COC1(Cn2cncc2C2CNC2)CCOC1. The summed E-state index contributed by atoms with van der Waals surface area (Å²) in [5.74, 6) is 0.605. The van der Waals surface area contributed by atoms with Crippen LogP contribution in [0.25, 0.3) is 0 Å². The molecule has 1 aromatic heterocycles. The van der Waals surface area contributed by atoms with Crippen LogP contribution in [0, 0.1) is 0 Å². The van der Waals surface area contributed by atoms with Crippen LogP contribution in [0.1, 0.15) is 18.0 Å². The molecule has 5 heteroatoms. The summed E-state index contributed by atoms with van der Waals surface area (Å²) in [5.41, 5.74) is 1.15. The van der Waals surface area contributed by atoms with Crippen molar-refractivity contribution in [2.24, 2.45) is 0 Å². The molecule has 17 heavy (non-hydrogen) atoms.